The fraction of sp³-hybridized carbons (Fsp3) is 0.318. The number of rotatable bonds is 9. The molecule has 9 heteroatoms. The third kappa shape index (κ3) is 5.00. The van der Waals surface area contributed by atoms with Crippen molar-refractivity contribution in [2.45, 2.75) is 19.1 Å². The first-order valence-corrected chi connectivity index (χ1v) is 11.3. The molecule has 1 heterocycles. The Balaban J connectivity index is 2.13. The number of hydrogen-bond acceptors (Lipinski definition) is 7. The van der Waals surface area contributed by atoms with Crippen LogP contribution in [0.25, 0.3) is 10.8 Å². The van der Waals surface area contributed by atoms with Gasteiger partial charge in [-0.2, -0.15) is 0 Å². The standard InChI is InChI=1S/C22H26N2O6S/c1-5-30-19-7-6-16-15(11-24-12-17(16)18(19)13-31(23,25)26)8-14-9-20(27-2)22(29-4)21(10-14)28-3/h6-7,9-12H,5,8,13H2,1-4H3,(H2,23,25,26). The number of sulfonamides is 1. The smallest absolute Gasteiger partial charge is 0.213 e. The molecule has 8 nitrogen and oxygen atoms in total. The molecular weight excluding hydrogens is 420 g/mol. The van der Waals surface area contributed by atoms with Crippen molar-refractivity contribution in [2.75, 3.05) is 27.9 Å². The van der Waals surface area contributed by atoms with E-state index in [0.717, 1.165) is 16.5 Å². The van der Waals surface area contributed by atoms with Crippen LogP contribution in [0.5, 0.6) is 23.0 Å². The van der Waals surface area contributed by atoms with Gasteiger partial charge in [-0.15, -0.1) is 0 Å². The van der Waals surface area contributed by atoms with E-state index in [4.69, 9.17) is 24.1 Å². The fourth-order valence-corrected chi connectivity index (χ4v) is 4.28. The van der Waals surface area contributed by atoms with Crippen molar-refractivity contribution in [1.29, 1.82) is 0 Å². The minimum Gasteiger partial charge on any atom is -0.494 e. The number of primary sulfonamides is 1. The van der Waals surface area contributed by atoms with Crippen LogP contribution in [0.15, 0.2) is 36.7 Å². The molecule has 1 aromatic heterocycles. The van der Waals surface area contributed by atoms with Crippen LogP contribution in [0.2, 0.25) is 0 Å². The van der Waals surface area contributed by atoms with Crippen LogP contribution in [-0.4, -0.2) is 41.3 Å². The summed E-state index contributed by atoms with van der Waals surface area (Å²) in [5.41, 5.74) is 2.33. The Bertz CT molecular complexity index is 1170. The SMILES string of the molecule is CCOc1ccc2c(Cc3cc(OC)c(OC)c(OC)c3)cncc2c1CS(N)(=O)=O. The Kier molecular flexibility index (Phi) is 6.87. The van der Waals surface area contributed by atoms with Crippen LogP contribution in [0.3, 0.4) is 0 Å². The number of hydrogen-bond donors (Lipinski definition) is 1. The summed E-state index contributed by atoms with van der Waals surface area (Å²) in [5.74, 6) is 1.77. The highest BCUT2D eigenvalue weighted by Gasteiger charge is 2.18. The first-order valence-electron chi connectivity index (χ1n) is 9.61. The van der Waals surface area contributed by atoms with Gasteiger partial charge in [-0.05, 0) is 48.1 Å². The first-order chi connectivity index (χ1) is 14.8. The van der Waals surface area contributed by atoms with Gasteiger partial charge in [0, 0.05) is 23.3 Å². The summed E-state index contributed by atoms with van der Waals surface area (Å²) in [5, 5.41) is 6.88. The molecule has 2 N–H and O–H groups in total. The molecule has 0 aliphatic carbocycles. The molecule has 166 valence electrons. The van der Waals surface area contributed by atoms with E-state index in [1.54, 1.807) is 39.8 Å². The van der Waals surface area contributed by atoms with Gasteiger partial charge in [0.25, 0.3) is 0 Å². The van der Waals surface area contributed by atoms with Crippen molar-refractivity contribution < 1.29 is 27.4 Å². The molecule has 2 aromatic carbocycles. The van der Waals surface area contributed by atoms with E-state index < -0.39 is 10.0 Å². The molecule has 0 aliphatic heterocycles. The highest BCUT2D eigenvalue weighted by atomic mass is 32.2. The first kappa shape index (κ1) is 22.6. The second-order valence-electron chi connectivity index (χ2n) is 6.89. The zero-order valence-corrected chi connectivity index (χ0v) is 18.8. The molecule has 0 amide bonds. The minimum absolute atomic E-state index is 0.338. The van der Waals surface area contributed by atoms with Crippen molar-refractivity contribution in [3.05, 3.63) is 53.3 Å². The quantitative estimate of drug-likeness (QED) is 0.538. The molecule has 3 aromatic rings. The van der Waals surface area contributed by atoms with Gasteiger partial charge in [-0.25, -0.2) is 13.6 Å². The van der Waals surface area contributed by atoms with Crippen LogP contribution < -0.4 is 24.1 Å². The van der Waals surface area contributed by atoms with Crippen LogP contribution in [-0.2, 0) is 22.2 Å². The van der Waals surface area contributed by atoms with E-state index >= 15 is 0 Å². The van der Waals surface area contributed by atoms with Crippen LogP contribution in [0, 0.1) is 0 Å². The Morgan fingerprint density at radius 2 is 1.61 bits per heavy atom. The molecule has 0 unspecified atom stereocenters. The van der Waals surface area contributed by atoms with Crippen molar-refractivity contribution in [3.8, 4) is 23.0 Å². The molecule has 0 atom stereocenters. The van der Waals surface area contributed by atoms with E-state index in [-0.39, 0.29) is 5.75 Å². The maximum absolute atomic E-state index is 11.8. The van der Waals surface area contributed by atoms with Crippen molar-refractivity contribution in [3.63, 3.8) is 0 Å². The summed E-state index contributed by atoms with van der Waals surface area (Å²) < 4.78 is 45.6. The van der Waals surface area contributed by atoms with E-state index in [1.807, 2.05) is 25.1 Å². The predicted molar refractivity (Wildman–Crippen MR) is 119 cm³/mol. The van der Waals surface area contributed by atoms with E-state index in [2.05, 4.69) is 4.98 Å². The Hall–Kier alpha value is -3.04. The van der Waals surface area contributed by atoms with Crippen molar-refractivity contribution in [2.24, 2.45) is 5.14 Å². The molecule has 0 saturated heterocycles. The lowest BCUT2D eigenvalue weighted by Gasteiger charge is -2.16. The Morgan fingerprint density at radius 3 is 2.16 bits per heavy atom. The van der Waals surface area contributed by atoms with Crippen LogP contribution >= 0.6 is 0 Å². The lowest BCUT2D eigenvalue weighted by atomic mass is 9.98. The Morgan fingerprint density at radius 1 is 0.935 bits per heavy atom. The average molecular weight is 447 g/mol. The highest BCUT2D eigenvalue weighted by Crippen LogP contribution is 2.39. The molecular formula is C22H26N2O6S. The van der Waals surface area contributed by atoms with Crippen molar-refractivity contribution in [1.82, 2.24) is 4.98 Å². The number of pyridine rings is 1. The zero-order chi connectivity index (χ0) is 22.6. The largest absolute Gasteiger partial charge is 0.494 e. The summed E-state index contributed by atoms with van der Waals surface area (Å²) in [7, 11) is 0.921. The van der Waals surface area contributed by atoms with Crippen LogP contribution in [0.1, 0.15) is 23.6 Å². The molecule has 31 heavy (non-hydrogen) atoms. The average Bonchev–Trinajstić information content (AvgIpc) is 2.74. The third-order valence-corrected chi connectivity index (χ3v) is 5.55. The van der Waals surface area contributed by atoms with Crippen molar-refractivity contribution >= 4 is 20.8 Å². The monoisotopic (exact) mass is 446 g/mol. The molecule has 0 bridgehead atoms. The summed E-state index contributed by atoms with van der Waals surface area (Å²) in [6, 6.07) is 7.42. The van der Waals surface area contributed by atoms with Gasteiger partial charge in [-0.3, -0.25) is 4.98 Å². The maximum atomic E-state index is 11.8. The molecule has 0 saturated carbocycles. The number of methoxy groups -OCH3 is 3. The molecule has 0 fully saturated rings. The van der Waals surface area contributed by atoms with Gasteiger partial charge in [0.05, 0.1) is 33.7 Å². The number of ether oxygens (including phenoxy) is 4. The van der Waals surface area contributed by atoms with Gasteiger partial charge < -0.3 is 18.9 Å². The van der Waals surface area contributed by atoms with Crippen LogP contribution in [0.4, 0.5) is 0 Å². The number of nitrogens with two attached hydrogens (primary N) is 1. The number of fused-ring (bicyclic) bond motifs is 1. The summed E-state index contributed by atoms with van der Waals surface area (Å²) in [4.78, 5) is 4.34. The molecule has 0 radical (unpaired) electrons. The fourth-order valence-electron chi connectivity index (χ4n) is 3.58. The molecule has 0 aliphatic rings. The topological polar surface area (TPSA) is 110 Å². The van der Waals surface area contributed by atoms with E-state index in [0.29, 0.717) is 47.0 Å². The Labute approximate surface area is 181 Å². The summed E-state index contributed by atoms with van der Waals surface area (Å²) >= 11 is 0. The number of benzene rings is 2. The molecule has 3 rings (SSSR count). The normalized spacial score (nSPS) is 11.4. The van der Waals surface area contributed by atoms with E-state index in [9.17, 15) is 8.42 Å². The highest BCUT2D eigenvalue weighted by molar-refractivity contribution is 7.88. The minimum atomic E-state index is -3.76. The van der Waals surface area contributed by atoms with Gasteiger partial charge in [0.1, 0.15) is 5.75 Å². The maximum Gasteiger partial charge on any atom is 0.213 e. The second kappa shape index (κ2) is 9.40. The molecule has 0 spiro atoms. The lowest BCUT2D eigenvalue weighted by Crippen LogP contribution is -2.15. The second-order valence-corrected chi connectivity index (χ2v) is 8.50. The third-order valence-electron chi connectivity index (χ3n) is 4.86. The van der Waals surface area contributed by atoms with E-state index in [1.165, 1.54) is 0 Å². The van der Waals surface area contributed by atoms with Gasteiger partial charge in [-0.1, -0.05) is 6.07 Å². The van der Waals surface area contributed by atoms with Gasteiger partial charge in [0.2, 0.25) is 15.8 Å². The zero-order valence-electron chi connectivity index (χ0n) is 18.0. The summed E-state index contributed by atoms with van der Waals surface area (Å²) in [6.07, 6.45) is 3.91. The number of nitrogens with zero attached hydrogens (tertiary/aromatic N) is 1. The van der Waals surface area contributed by atoms with Gasteiger partial charge >= 0.3 is 0 Å². The van der Waals surface area contributed by atoms with Gasteiger partial charge in [0.15, 0.2) is 11.5 Å². The summed E-state index contributed by atoms with van der Waals surface area (Å²) in [6.45, 7) is 2.24. The number of aromatic nitrogens is 1. The predicted octanol–water partition coefficient (Wildman–Crippen LogP) is 3.04. The lowest BCUT2D eigenvalue weighted by molar-refractivity contribution is 0.324.